The number of halogens is 3. The van der Waals surface area contributed by atoms with E-state index >= 15 is 0 Å². The molecule has 14 heavy (non-hydrogen) atoms. The van der Waals surface area contributed by atoms with E-state index in [0.29, 0.717) is 0 Å². The number of amides is 1. The first-order valence-corrected chi connectivity index (χ1v) is 4.06. The second-order valence-corrected chi connectivity index (χ2v) is 3.17. The number of alkyl halides is 3. The lowest BCUT2D eigenvalue weighted by Crippen LogP contribution is -2.36. The molecule has 0 heterocycles. The summed E-state index contributed by atoms with van der Waals surface area (Å²) in [5.74, 6) is -1.05. The maximum atomic E-state index is 11.8. The summed E-state index contributed by atoms with van der Waals surface area (Å²) in [6, 6.07) is -0.998. The Labute approximate surface area is 79.7 Å². The van der Waals surface area contributed by atoms with Gasteiger partial charge in [-0.3, -0.25) is 9.59 Å². The van der Waals surface area contributed by atoms with Gasteiger partial charge in [-0.15, -0.1) is 0 Å². The van der Waals surface area contributed by atoms with Crippen LogP contribution < -0.4 is 5.32 Å². The molecule has 1 unspecified atom stereocenters. The van der Waals surface area contributed by atoms with Crippen LogP contribution in [0.15, 0.2) is 0 Å². The first kappa shape index (κ1) is 12.9. The second kappa shape index (κ2) is 4.97. The van der Waals surface area contributed by atoms with Crippen LogP contribution in [0.5, 0.6) is 0 Å². The molecule has 0 bridgehead atoms. The summed E-state index contributed by atoms with van der Waals surface area (Å²) < 4.78 is 35.4. The molecule has 82 valence electrons. The van der Waals surface area contributed by atoms with Crippen LogP contribution in [0.1, 0.15) is 26.7 Å². The summed E-state index contributed by atoms with van der Waals surface area (Å²) in [4.78, 5) is 21.3. The van der Waals surface area contributed by atoms with Crippen molar-refractivity contribution < 1.29 is 22.8 Å². The van der Waals surface area contributed by atoms with Crippen molar-refractivity contribution in [3.63, 3.8) is 0 Å². The predicted octanol–water partition coefficient (Wildman–Crippen LogP) is 1.42. The molecular formula is C8H12F3NO2. The summed E-state index contributed by atoms with van der Waals surface area (Å²) in [7, 11) is 0. The number of Topliss-reactive ketones (excluding diaryl/α,β-unsaturated/α-hetero) is 1. The number of carbonyl (C=O) groups is 2. The van der Waals surface area contributed by atoms with Crippen LogP contribution >= 0.6 is 0 Å². The highest BCUT2D eigenvalue weighted by atomic mass is 19.4. The van der Waals surface area contributed by atoms with Crippen LogP contribution in [-0.4, -0.2) is 23.9 Å². The number of hydrogen-bond acceptors (Lipinski definition) is 2. The Morgan fingerprint density at radius 2 is 1.86 bits per heavy atom. The Morgan fingerprint density at radius 3 is 2.21 bits per heavy atom. The summed E-state index contributed by atoms with van der Waals surface area (Å²) in [5.41, 5.74) is 0. The van der Waals surface area contributed by atoms with Crippen molar-refractivity contribution in [3.05, 3.63) is 0 Å². The third kappa shape index (κ3) is 7.57. The molecule has 0 aromatic carbocycles. The fourth-order valence-corrected chi connectivity index (χ4v) is 0.950. The van der Waals surface area contributed by atoms with Crippen molar-refractivity contribution in [2.45, 2.75) is 38.9 Å². The zero-order chi connectivity index (χ0) is 11.4. The number of hydrogen-bond donors (Lipinski definition) is 1. The minimum absolute atomic E-state index is 0.373. The van der Waals surface area contributed by atoms with Gasteiger partial charge in [0.25, 0.3) is 0 Å². The Kier molecular flexibility index (Phi) is 4.59. The fraction of sp³-hybridized carbons (Fsp3) is 0.750. The van der Waals surface area contributed by atoms with Crippen molar-refractivity contribution in [1.29, 1.82) is 0 Å². The van der Waals surface area contributed by atoms with Gasteiger partial charge in [0.15, 0.2) is 0 Å². The third-order valence-corrected chi connectivity index (χ3v) is 1.35. The molecule has 6 heteroatoms. The molecule has 0 radical (unpaired) electrons. The SMILES string of the molecule is CC(=O)CC(=O)NC(C)CC(F)(F)F. The van der Waals surface area contributed by atoms with Gasteiger partial charge in [0.05, 0.1) is 12.8 Å². The maximum Gasteiger partial charge on any atom is 0.391 e. The Morgan fingerprint density at radius 1 is 1.36 bits per heavy atom. The van der Waals surface area contributed by atoms with E-state index in [-0.39, 0.29) is 12.2 Å². The standard InChI is InChI=1S/C8H12F3NO2/c1-5(4-8(9,10)11)12-7(14)3-6(2)13/h5H,3-4H2,1-2H3,(H,12,14). The Balaban J connectivity index is 3.89. The maximum absolute atomic E-state index is 11.8. The van der Waals surface area contributed by atoms with Gasteiger partial charge >= 0.3 is 6.18 Å². The molecule has 3 nitrogen and oxygen atoms in total. The van der Waals surface area contributed by atoms with E-state index in [4.69, 9.17) is 0 Å². The average molecular weight is 211 g/mol. The minimum atomic E-state index is -4.30. The molecule has 1 atom stereocenters. The van der Waals surface area contributed by atoms with Gasteiger partial charge in [0.2, 0.25) is 5.91 Å². The van der Waals surface area contributed by atoms with E-state index in [1.54, 1.807) is 0 Å². The number of nitrogens with one attached hydrogen (secondary N) is 1. The van der Waals surface area contributed by atoms with Crippen molar-refractivity contribution in [3.8, 4) is 0 Å². The van der Waals surface area contributed by atoms with Gasteiger partial charge in [-0.05, 0) is 13.8 Å². The zero-order valence-electron chi connectivity index (χ0n) is 7.94. The molecule has 0 aliphatic carbocycles. The lowest BCUT2D eigenvalue weighted by molar-refractivity contribution is -0.141. The lowest BCUT2D eigenvalue weighted by atomic mass is 10.2. The van der Waals surface area contributed by atoms with E-state index < -0.39 is 24.5 Å². The van der Waals surface area contributed by atoms with E-state index in [9.17, 15) is 22.8 Å². The van der Waals surface area contributed by atoms with Crippen molar-refractivity contribution >= 4 is 11.7 Å². The van der Waals surface area contributed by atoms with Crippen molar-refractivity contribution in [2.24, 2.45) is 0 Å². The van der Waals surface area contributed by atoms with Crippen LogP contribution in [0, 0.1) is 0 Å². The second-order valence-electron chi connectivity index (χ2n) is 3.17. The molecule has 0 saturated carbocycles. The van der Waals surface area contributed by atoms with Gasteiger partial charge in [-0.1, -0.05) is 0 Å². The van der Waals surface area contributed by atoms with Crippen LogP contribution in [0.4, 0.5) is 13.2 Å². The van der Waals surface area contributed by atoms with E-state index in [1.165, 1.54) is 13.8 Å². The highest BCUT2D eigenvalue weighted by Crippen LogP contribution is 2.21. The summed E-state index contributed by atoms with van der Waals surface area (Å²) in [6.45, 7) is 2.44. The van der Waals surface area contributed by atoms with Gasteiger partial charge < -0.3 is 5.32 Å². The molecule has 0 saturated heterocycles. The fourth-order valence-electron chi connectivity index (χ4n) is 0.950. The van der Waals surface area contributed by atoms with Crippen LogP contribution in [-0.2, 0) is 9.59 Å². The third-order valence-electron chi connectivity index (χ3n) is 1.35. The van der Waals surface area contributed by atoms with Crippen LogP contribution in [0.2, 0.25) is 0 Å². The summed E-state index contributed by atoms with van der Waals surface area (Å²) in [6.07, 6.45) is -5.76. The number of carbonyl (C=O) groups excluding carboxylic acids is 2. The monoisotopic (exact) mass is 211 g/mol. The van der Waals surface area contributed by atoms with Gasteiger partial charge in [-0.25, -0.2) is 0 Å². The Bertz CT molecular complexity index is 225. The lowest BCUT2D eigenvalue weighted by Gasteiger charge is -2.15. The van der Waals surface area contributed by atoms with E-state index in [2.05, 4.69) is 5.32 Å². The molecule has 0 spiro atoms. The quantitative estimate of drug-likeness (QED) is 0.715. The van der Waals surface area contributed by atoms with Gasteiger partial charge in [0.1, 0.15) is 5.78 Å². The van der Waals surface area contributed by atoms with E-state index in [1.807, 2.05) is 0 Å². The van der Waals surface area contributed by atoms with Gasteiger partial charge in [-0.2, -0.15) is 13.2 Å². The topological polar surface area (TPSA) is 46.2 Å². The molecule has 0 fully saturated rings. The molecular weight excluding hydrogens is 199 g/mol. The highest BCUT2D eigenvalue weighted by Gasteiger charge is 2.30. The van der Waals surface area contributed by atoms with E-state index in [0.717, 1.165) is 0 Å². The minimum Gasteiger partial charge on any atom is -0.353 e. The van der Waals surface area contributed by atoms with Crippen molar-refractivity contribution in [1.82, 2.24) is 5.32 Å². The predicted molar refractivity (Wildman–Crippen MR) is 43.6 cm³/mol. The molecule has 0 aromatic heterocycles. The highest BCUT2D eigenvalue weighted by molar-refractivity contribution is 5.96. The number of ketones is 1. The molecule has 0 aliphatic heterocycles. The first-order valence-electron chi connectivity index (χ1n) is 4.06. The Hall–Kier alpha value is -1.07. The first-order chi connectivity index (χ1) is 6.20. The summed E-state index contributed by atoms with van der Waals surface area (Å²) in [5, 5.41) is 2.09. The smallest absolute Gasteiger partial charge is 0.353 e. The zero-order valence-corrected chi connectivity index (χ0v) is 7.94. The molecule has 0 aliphatic rings. The molecule has 0 rings (SSSR count). The van der Waals surface area contributed by atoms with Crippen LogP contribution in [0.3, 0.4) is 0 Å². The normalized spacial score (nSPS) is 13.5. The summed E-state index contributed by atoms with van der Waals surface area (Å²) >= 11 is 0. The largest absolute Gasteiger partial charge is 0.391 e. The number of rotatable bonds is 4. The molecule has 1 amide bonds. The molecule has 0 aromatic rings. The average Bonchev–Trinajstić information content (AvgIpc) is 1.77. The van der Waals surface area contributed by atoms with Crippen LogP contribution in [0.25, 0.3) is 0 Å². The van der Waals surface area contributed by atoms with Gasteiger partial charge in [0, 0.05) is 6.04 Å². The molecule has 1 N–H and O–H groups in total. The van der Waals surface area contributed by atoms with Crippen molar-refractivity contribution in [2.75, 3.05) is 0 Å².